The van der Waals surface area contributed by atoms with Crippen LogP contribution in [0.15, 0.2) is 42.6 Å². The van der Waals surface area contributed by atoms with Crippen LogP contribution in [0.4, 0.5) is 13.2 Å². The van der Waals surface area contributed by atoms with Crippen molar-refractivity contribution in [2.45, 2.75) is 51.4 Å². The molecule has 158 valence electrons. The van der Waals surface area contributed by atoms with Gasteiger partial charge in [-0.2, -0.15) is 13.2 Å². The second-order valence-electron chi connectivity index (χ2n) is 7.55. The molecule has 0 saturated carbocycles. The highest BCUT2D eigenvalue weighted by Crippen LogP contribution is 2.32. The highest BCUT2D eigenvalue weighted by atomic mass is 19.4. The number of aromatic nitrogens is 4. The van der Waals surface area contributed by atoms with E-state index in [-0.39, 0.29) is 11.7 Å². The van der Waals surface area contributed by atoms with Crippen LogP contribution in [-0.4, -0.2) is 32.5 Å². The van der Waals surface area contributed by atoms with Crippen LogP contribution in [0.3, 0.4) is 0 Å². The van der Waals surface area contributed by atoms with Crippen LogP contribution in [0, 0.1) is 6.92 Å². The summed E-state index contributed by atoms with van der Waals surface area (Å²) in [6.45, 7) is 2.82. The van der Waals surface area contributed by atoms with Crippen molar-refractivity contribution in [2.24, 2.45) is 0 Å². The van der Waals surface area contributed by atoms with Gasteiger partial charge >= 0.3 is 6.18 Å². The molecular weight excluding hydrogens is 393 g/mol. The van der Waals surface area contributed by atoms with Gasteiger partial charge in [0.05, 0.1) is 18.2 Å². The molecule has 0 bridgehead atoms. The van der Waals surface area contributed by atoms with Crippen molar-refractivity contribution in [3.63, 3.8) is 0 Å². The zero-order chi connectivity index (χ0) is 21.1. The molecule has 0 spiro atoms. The number of benzene rings is 1. The minimum Gasteiger partial charge on any atom is -0.376 e. The molecule has 8 heteroatoms. The van der Waals surface area contributed by atoms with E-state index >= 15 is 0 Å². The minimum atomic E-state index is -4.36. The second kappa shape index (κ2) is 8.55. The Balaban J connectivity index is 1.59. The third-order valence-corrected chi connectivity index (χ3v) is 5.38. The summed E-state index contributed by atoms with van der Waals surface area (Å²) >= 11 is 0. The van der Waals surface area contributed by atoms with Gasteiger partial charge in [0.15, 0.2) is 5.82 Å². The molecule has 3 aromatic rings. The Morgan fingerprint density at radius 2 is 2.00 bits per heavy atom. The van der Waals surface area contributed by atoms with Crippen molar-refractivity contribution in [1.29, 1.82) is 0 Å². The summed E-state index contributed by atoms with van der Waals surface area (Å²) in [6, 6.07) is 10.1. The van der Waals surface area contributed by atoms with E-state index in [1.165, 1.54) is 19.1 Å². The smallest absolute Gasteiger partial charge is 0.376 e. The first-order chi connectivity index (χ1) is 14.4. The first-order valence-electron chi connectivity index (χ1n) is 10.0. The molecule has 0 N–H and O–H groups in total. The van der Waals surface area contributed by atoms with Gasteiger partial charge in [0.1, 0.15) is 11.5 Å². The van der Waals surface area contributed by atoms with Gasteiger partial charge in [0.2, 0.25) is 0 Å². The second-order valence-corrected chi connectivity index (χ2v) is 7.55. The number of nitrogens with zero attached hydrogens (tertiary/aromatic N) is 4. The number of ether oxygens (including phenoxy) is 1. The Hall–Kier alpha value is -2.74. The van der Waals surface area contributed by atoms with Crippen molar-refractivity contribution in [1.82, 2.24) is 19.7 Å². The summed E-state index contributed by atoms with van der Waals surface area (Å²) in [5.74, 6) is 1.38. The Kier molecular flexibility index (Phi) is 5.85. The lowest BCUT2D eigenvalue weighted by atomic mass is 10.0. The van der Waals surface area contributed by atoms with Crippen molar-refractivity contribution in [3.8, 4) is 11.5 Å². The molecule has 1 unspecified atom stereocenters. The van der Waals surface area contributed by atoms with Crippen molar-refractivity contribution in [2.75, 3.05) is 6.61 Å². The normalized spacial score (nSPS) is 16.9. The summed E-state index contributed by atoms with van der Waals surface area (Å²) in [5, 5.41) is 8.66. The van der Waals surface area contributed by atoms with Crippen LogP contribution in [0.5, 0.6) is 0 Å². The lowest BCUT2D eigenvalue weighted by molar-refractivity contribution is -0.138. The number of pyridine rings is 1. The van der Waals surface area contributed by atoms with Crippen molar-refractivity contribution in [3.05, 3.63) is 65.1 Å². The summed E-state index contributed by atoms with van der Waals surface area (Å²) in [4.78, 5) is 4.38. The number of aryl methyl sites for hydroxylation is 3. The molecule has 0 aliphatic carbocycles. The topological polar surface area (TPSA) is 52.8 Å². The monoisotopic (exact) mass is 416 g/mol. The van der Waals surface area contributed by atoms with Crippen LogP contribution in [0.1, 0.15) is 35.4 Å². The number of rotatable bonds is 6. The fourth-order valence-corrected chi connectivity index (χ4v) is 3.77. The summed E-state index contributed by atoms with van der Waals surface area (Å²) in [5.41, 5.74) is 0.975. The maximum atomic E-state index is 13.2. The van der Waals surface area contributed by atoms with E-state index in [1.54, 1.807) is 12.3 Å². The van der Waals surface area contributed by atoms with Gasteiger partial charge in [-0.15, -0.1) is 10.2 Å². The lowest BCUT2D eigenvalue weighted by Gasteiger charge is -2.15. The molecular formula is C22H23F3N4O. The molecule has 1 aromatic carbocycles. The highest BCUT2D eigenvalue weighted by molar-refractivity contribution is 5.49. The molecule has 1 fully saturated rings. The first-order valence-corrected chi connectivity index (χ1v) is 10.0. The Morgan fingerprint density at radius 3 is 2.70 bits per heavy atom. The van der Waals surface area contributed by atoms with Gasteiger partial charge < -0.3 is 9.30 Å². The zero-order valence-electron chi connectivity index (χ0n) is 16.7. The maximum absolute atomic E-state index is 13.2. The fourth-order valence-electron chi connectivity index (χ4n) is 3.77. The van der Waals surface area contributed by atoms with Crippen molar-refractivity contribution < 1.29 is 17.9 Å². The molecule has 0 radical (unpaired) electrons. The Morgan fingerprint density at radius 1 is 1.13 bits per heavy atom. The van der Waals surface area contributed by atoms with Crippen LogP contribution in [0.25, 0.3) is 11.5 Å². The van der Waals surface area contributed by atoms with Crippen LogP contribution in [-0.2, 0) is 30.3 Å². The quantitative estimate of drug-likeness (QED) is 0.588. The van der Waals surface area contributed by atoms with Gasteiger partial charge in [-0.1, -0.05) is 18.2 Å². The molecule has 1 saturated heterocycles. The Labute approximate surface area is 172 Å². The summed E-state index contributed by atoms with van der Waals surface area (Å²) < 4.78 is 47.5. The minimum absolute atomic E-state index is 0.0819. The molecule has 4 rings (SSSR count). The predicted octanol–water partition coefficient (Wildman–Crippen LogP) is 4.63. The number of alkyl halides is 3. The highest BCUT2D eigenvalue weighted by Gasteiger charge is 2.32. The van der Waals surface area contributed by atoms with Gasteiger partial charge in [0, 0.05) is 19.2 Å². The number of hydrogen-bond donors (Lipinski definition) is 0. The third kappa shape index (κ3) is 4.53. The Bertz CT molecular complexity index is 995. The van der Waals surface area contributed by atoms with E-state index in [1.807, 2.05) is 22.8 Å². The first kappa shape index (κ1) is 20.5. The van der Waals surface area contributed by atoms with E-state index in [2.05, 4.69) is 15.2 Å². The van der Waals surface area contributed by atoms with E-state index in [0.29, 0.717) is 36.5 Å². The molecule has 1 aliphatic rings. The molecule has 1 aliphatic heterocycles. The molecule has 1 atom stereocenters. The van der Waals surface area contributed by atoms with E-state index in [9.17, 15) is 13.2 Å². The zero-order valence-corrected chi connectivity index (χ0v) is 16.7. The maximum Gasteiger partial charge on any atom is 0.416 e. The molecule has 2 aromatic heterocycles. The number of halogens is 3. The molecule has 5 nitrogen and oxygen atoms in total. The van der Waals surface area contributed by atoms with Crippen LogP contribution < -0.4 is 0 Å². The van der Waals surface area contributed by atoms with E-state index in [0.717, 1.165) is 25.3 Å². The average Bonchev–Trinajstić information content (AvgIpc) is 3.38. The molecule has 30 heavy (non-hydrogen) atoms. The standard InChI is InChI=1S/C22H23F3N4O/c1-15-7-8-16(13-18(15)22(23,24)25)9-10-20-27-28-21(19-6-2-3-11-26-19)29(20)14-17-5-4-12-30-17/h2-3,6-8,11,13,17H,4-5,9-10,12,14H2,1H3. The van der Waals surface area contributed by atoms with Gasteiger partial charge in [-0.3, -0.25) is 4.98 Å². The predicted molar refractivity (Wildman–Crippen MR) is 106 cm³/mol. The summed E-state index contributed by atoms with van der Waals surface area (Å²) in [7, 11) is 0. The number of hydrogen-bond acceptors (Lipinski definition) is 4. The summed E-state index contributed by atoms with van der Waals surface area (Å²) in [6.07, 6.45) is 0.328. The average molecular weight is 416 g/mol. The van der Waals surface area contributed by atoms with Crippen LogP contribution >= 0.6 is 0 Å². The van der Waals surface area contributed by atoms with Gasteiger partial charge in [-0.25, -0.2) is 0 Å². The lowest BCUT2D eigenvalue weighted by Crippen LogP contribution is -2.18. The largest absolute Gasteiger partial charge is 0.416 e. The molecule has 0 amide bonds. The fraction of sp³-hybridized carbons (Fsp3) is 0.409. The van der Waals surface area contributed by atoms with E-state index in [4.69, 9.17) is 4.74 Å². The molecule has 3 heterocycles. The van der Waals surface area contributed by atoms with Crippen molar-refractivity contribution >= 4 is 0 Å². The third-order valence-electron chi connectivity index (χ3n) is 5.38. The van der Waals surface area contributed by atoms with E-state index < -0.39 is 11.7 Å². The SMILES string of the molecule is Cc1ccc(CCc2nnc(-c3ccccn3)n2CC2CCCO2)cc1C(F)(F)F. The van der Waals surface area contributed by atoms with Crippen LogP contribution in [0.2, 0.25) is 0 Å². The van der Waals surface area contributed by atoms with Gasteiger partial charge in [0.25, 0.3) is 0 Å². The van der Waals surface area contributed by atoms with Gasteiger partial charge in [-0.05, 0) is 55.5 Å².